The van der Waals surface area contributed by atoms with Gasteiger partial charge in [0.1, 0.15) is 0 Å². The van der Waals surface area contributed by atoms with Crippen molar-refractivity contribution in [2.24, 2.45) is 56.7 Å². The minimum absolute atomic E-state index is 0.0302. The van der Waals surface area contributed by atoms with E-state index in [9.17, 15) is 15.0 Å². The summed E-state index contributed by atoms with van der Waals surface area (Å²) in [4.78, 5) is 12.8. The van der Waals surface area contributed by atoms with Crippen LogP contribution in [-0.2, 0) is 4.79 Å². The van der Waals surface area contributed by atoms with Crippen LogP contribution in [0.3, 0.4) is 0 Å². The highest BCUT2D eigenvalue weighted by Gasteiger charge is 2.69. The summed E-state index contributed by atoms with van der Waals surface area (Å²) in [5, 5.41) is 21.4. The number of carboxylic acids is 1. The molecule has 5 aliphatic carbocycles. The van der Waals surface area contributed by atoms with Gasteiger partial charge in [0.2, 0.25) is 0 Å². The van der Waals surface area contributed by atoms with E-state index in [4.69, 9.17) is 0 Å². The molecule has 10 atom stereocenters. The first-order valence-electron chi connectivity index (χ1n) is 13.9. The molecule has 0 aliphatic heterocycles. The Morgan fingerprint density at radius 3 is 2.27 bits per heavy atom. The topological polar surface area (TPSA) is 57.5 Å². The number of aliphatic hydroxyl groups excluding tert-OH is 1. The molecule has 4 fully saturated rings. The maximum Gasteiger partial charge on any atom is 0.310 e. The van der Waals surface area contributed by atoms with Gasteiger partial charge in [-0.15, -0.1) is 0 Å². The number of hydrogen-bond donors (Lipinski definition) is 2. The van der Waals surface area contributed by atoms with Gasteiger partial charge in [0.05, 0.1) is 11.5 Å². The van der Waals surface area contributed by atoms with Gasteiger partial charge < -0.3 is 10.2 Å². The van der Waals surface area contributed by atoms with Crippen LogP contribution < -0.4 is 0 Å². The molecule has 0 unspecified atom stereocenters. The highest BCUT2D eigenvalue weighted by molar-refractivity contribution is 5.76. The summed E-state index contributed by atoms with van der Waals surface area (Å²) in [6.45, 7) is 17.0. The number of carboxylic acid groups (broad SMARTS) is 1. The highest BCUT2D eigenvalue weighted by atomic mass is 16.4. The Kier molecular flexibility index (Phi) is 5.15. The lowest BCUT2D eigenvalue weighted by Gasteiger charge is -2.71. The van der Waals surface area contributed by atoms with Crippen molar-refractivity contribution in [2.45, 2.75) is 112 Å². The van der Waals surface area contributed by atoms with Gasteiger partial charge in [-0.05, 0) is 109 Å². The second-order valence-electron chi connectivity index (χ2n) is 14.5. The van der Waals surface area contributed by atoms with Crippen LogP contribution in [0.5, 0.6) is 0 Å². The van der Waals surface area contributed by atoms with Crippen LogP contribution >= 0.6 is 0 Å². The van der Waals surface area contributed by atoms with E-state index in [0.29, 0.717) is 23.7 Å². The molecule has 0 heterocycles. The molecular weight excluding hydrogens is 408 g/mol. The molecule has 2 N–H and O–H groups in total. The summed E-state index contributed by atoms with van der Waals surface area (Å²) < 4.78 is 0. The van der Waals surface area contributed by atoms with Gasteiger partial charge in [0.15, 0.2) is 0 Å². The van der Waals surface area contributed by atoms with Crippen molar-refractivity contribution in [1.29, 1.82) is 0 Å². The number of fused-ring (bicyclic) bond motifs is 7. The zero-order valence-electron chi connectivity index (χ0n) is 22.2. The van der Waals surface area contributed by atoms with Gasteiger partial charge in [0, 0.05) is 0 Å². The average molecular weight is 457 g/mol. The zero-order valence-corrected chi connectivity index (χ0v) is 22.2. The van der Waals surface area contributed by atoms with E-state index in [1.165, 1.54) is 18.4 Å². The lowest BCUT2D eigenvalue weighted by Crippen LogP contribution is -2.65. The summed E-state index contributed by atoms with van der Waals surface area (Å²) in [6, 6.07) is 0. The van der Waals surface area contributed by atoms with Crippen molar-refractivity contribution in [3.05, 3.63) is 11.6 Å². The van der Waals surface area contributed by atoms with Crippen molar-refractivity contribution in [1.82, 2.24) is 0 Å². The fourth-order valence-corrected chi connectivity index (χ4v) is 10.8. The van der Waals surface area contributed by atoms with Crippen LogP contribution in [0.1, 0.15) is 106 Å². The Balaban J connectivity index is 1.61. The van der Waals surface area contributed by atoms with Crippen molar-refractivity contribution < 1.29 is 15.0 Å². The number of aliphatic carboxylic acids is 1. The summed E-state index contributed by atoms with van der Waals surface area (Å²) in [7, 11) is 0. The molecule has 0 aromatic heterocycles. The van der Waals surface area contributed by atoms with Crippen LogP contribution in [0.4, 0.5) is 0 Å². The number of hydrogen-bond acceptors (Lipinski definition) is 2. The molecule has 5 aliphatic rings. The largest absolute Gasteiger partial charge is 0.481 e. The molecule has 0 aromatic carbocycles. The van der Waals surface area contributed by atoms with Gasteiger partial charge in [-0.3, -0.25) is 4.79 Å². The predicted molar refractivity (Wildman–Crippen MR) is 133 cm³/mol. The van der Waals surface area contributed by atoms with E-state index in [1.54, 1.807) is 0 Å². The van der Waals surface area contributed by atoms with Gasteiger partial charge >= 0.3 is 5.97 Å². The standard InChI is InChI=1S/C30H48O3/c1-18-10-15-30(25(32)33)17-16-28(6)20(24(30)19(18)2)8-9-22-27(5)13-12-23(31)26(3,4)21(27)11-14-29(22,28)7/h8,18-19,21-24,31H,9-17H2,1-7H3,(H,32,33)/t18-,19-,21+,22-,23-,24+,27-,28-,29+,30+/m1/s1. The van der Waals surface area contributed by atoms with Crippen molar-refractivity contribution in [2.75, 3.05) is 0 Å². The van der Waals surface area contributed by atoms with Crippen LogP contribution in [-0.4, -0.2) is 22.3 Å². The molecular formula is C30H48O3. The minimum atomic E-state index is -0.557. The predicted octanol–water partition coefficient (Wildman–Crippen LogP) is 7.09. The minimum Gasteiger partial charge on any atom is -0.481 e. The molecule has 0 spiro atoms. The first-order chi connectivity index (χ1) is 15.3. The molecule has 4 saturated carbocycles. The molecule has 0 amide bonds. The average Bonchev–Trinajstić information content (AvgIpc) is 2.74. The Bertz CT molecular complexity index is 874. The van der Waals surface area contributed by atoms with Gasteiger partial charge in [-0.25, -0.2) is 0 Å². The molecule has 33 heavy (non-hydrogen) atoms. The molecule has 0 aromatic rings. The summed E-state index contributed by atoms with van der Waals surface area (Å²) >= 11 is 0. The van der Waals surface area contributed by atoms with Crippen molar-refractivity contribution in [3.8, 4) is 0 Å². The molecule has 3 nitrogen and oxygen atoms in total. The molecule has 3 heteroatoms. The fourth-order valence-electron chi connectivity index (χ4n) is 10.8. The van der Waals surface area contributed by atoms with E-state index < -0.39 is 11.4 Å². The lowest BCUT2D eigenvalue weighted by molar-refractivity contribution is -0.206. The van der Waals surface area contributed by atoms with E-state index in [2.05, 4.69) is 54.5 Å². The van der Waals surface area contributed by atoms with E-state index >= 15 is 0 Å². The maximum absolute atomic E-state index is 12.8. The monoisotopic (exact) mass is 456 g/mol. The molecule has 186 valence electrons. The van der Waals surface area contributed by atoms with Crippen LogP contribution in [0.2, 0.25) is 0 Å². The third-order valence-electron chi connectivity index (χ3n) is 13.4. The van der Waals surface area contributed by atoms with E-state index in [-0.39, 0.29) is 33.7 Å². The second-order valence-corrected chi connectivity index (χ2v) is 14.5. The van der Waals surface area contributed by atoms with Gasteiger partial charge in [-0.2, -0.15) is 0 Å². The van der Waals surface area contributed by atoms with Crippen LogP contribution in [0.15, 0.2) is 11.6 Å². The lowest BCUT2D eigenvalue weighted by atomic mass is 9.33. The smallest absolute Gasteiger partial charge is 0.310 e. The van der Waals surface area contributed by atoms with Gasteiger partial charge in [-0.1, -0.05) is 60.1 Å². The number of carbonyl (C=O) groups is 1. The normalized spacial score (nSPS) is 55.3. The van der Waals surface area contributed by atoms with E-state index in [1.807, 2.05) is 0 Å². The molecule has 0 bridgehead atoms. The van der Waals surface area contributed by atoms with Crippen molar-refractivity contribution >= 4 is 5.97 Å². The molecule has 5 rings (SSSR count). The van der Waals surface area contributed by atoms with Gasteiger partial charge in [0.25, 0.3) is 0 Å². The third kappa shape index (κ3) is 2.75. The first-order valence-corrected chi connectivity index (χ1v) is 13.9. The number of rotatable bonds is 1. The fraction of sp³-hybridized carbons (Fsp3) is 0.900. The van der Waals surface area contributed by atoms with Crippen LogP contribution in [0.25, 0.3) is 0 Å². The Morgan fingerprint density at radius 1 is 0.909 bits per heavy atom. The Morgan fingerprint density at radius 2 is 1.61 bits per heavy atom. The SMILES string of the molecule is C[C@@H]1[C@H](C)CC[C@]2(C(=O)O)CC[C@]3(C)C(=CC[C@@H]4[C@]5(C)CC[C@@H](O)C(C)(C)[C@@H]5CC[C@@]43C)[C@H]12. The second kappa shape index (κ2) is 7.11. The van der Waals surface area contributed by atoms with Crippen LogP contribution in [0, 0.1) is 56.7 Å². The van der Waals surface area contributed by atoms with Crippen molar-refractivity contribution in [3.63, 3.8) is 0 Å². The summed E-state index contributed by atoms with van der Waals surface area (Å²) in [6.07, 6.45) is 11.6. The number of allylic oxidation sites excluding steroid dienone is 2. The van der Waals surface area contributed by atoms with E-state index in [0.717, 1.165) is 44.9 Å². The zero-order chi connectivity index (χ0) is 24.2. The molecule has 0 radical (unpaired) electrons. The first kappa shape index (κ1) is 23.9. The molecule has 0 saturated heterocycles. The third-order valence-corrected chi connectivity index (χ3v) is 13.4. The summed E-state index contributed by atoms with van der Waals surface area (Å²) in [5.41, 5.74) is 1.46. The quantitative estimate of drug-likeness (QED) is 0.414. The Labute approximate surface area is 201 Å². The number of aliphatic hydroxyl groups is 1. The summed E-state index contributed by atoms with van der Waals surface area (Å²) in [5.74, 6) is 1.82. The highest BCUT2D eigenvalue weighted by Crippen LogP contribution is 2.75. The maximum atomic E-state index is 12.8. The Hall–Kier alpha value is -0.830.